The van der Waals surface area contributed by atoms with Gasteiger partial charge in [0.15, 0.2) is 6.10 Å². The normalized spacial score (nSPS) is 12.8. The molecule has 0 radical (unpaired) electrons. The summed E-state index contributed by atoms with van der Waals surface area (Å²) in [4.78, 5) is 24.6. The molecule has 5 heteroatoms. The van der Waals surface area contributed by atoms with E-state index in [4.69, 9.17) is 9.47 Å². The molecule has 0 amide bonds. The molecule has 0 spiro atoms. The average Bonchev–Trinajstić information content (AvgIpc) is 3.38. The number of rotatable bonds is 57. The molecule has 0 aliphatic rings. The monoisotopic (exact) mass is 1000 g/mol. The van der Waals surface area contributed by atoms with Crippen molar-refractivity contribution in [1.29, 1.82) is 0 Å². The van der Waals surface area contributed by atoms with Crippen molar-refractivity contribution in [3.63, 3.8) is 0 Å². The molecule has 0 saturated carbocycles. The molecule has 0 rings (SSSR count). The van der Waals surface area contributed by atoms with Crippen LogP contribution in [0.4, 0.5) is 0 Å². The predicted molar refractivity (Wildman–Crippen MR) is 316 cm³/mol. The van der Waals surface area contributed by atoms with Gasteiger partial charge in [-0.2, -0.15) is 0 Å². The minimum Gasteiger partial charge on any atom is -0.462 e. The van der Waals surface area contributed by atoms with Crippen LogP contribution in [-0.2, 0) is 19.1 Å². The number of hydrogen-bond donors (Lipinski definition) is 1. The molecule has 0 aromatic rings. The maximum absolute atomic E-state index is 12.3. The Hall–Kier alpha value is -2.92. The molecule has 0 aliphatic heterocycles. The van der Waals surface area contributed by atoms with E-state index in [0.29, 0.717) is 12.8 Å². The first-order chi connectivity index (χ1) is 35.6. The quantitative estimate of drug-likeness (QED) is 0.0373. The second-order valence-corrected chi connectivity index (χ2v) is 20.8. The second-order valence-electron chi connectivity index (χ2n) is 20.8. The van der Waals surface area contributed by atoms with Crippen molar-refractivity contribution in [3.8, 4) is 0 Å². The largest absolute Gasteiger partial charge is 0.462 e. The van der Waals surface area contributed by atoms with Crippen molar-refractivity contribution in [3.05, 3.63) is 85.1 Å². The van der Waals surface area contributed by atoms with Gasteiger partial charge in [0.1, 0.15) is 6.61 Å². The van der Waals surface area contributed by atoms with Gasteiger partial charge in [-0.1, -0.05) is 311 Å². The van der Waals surface area contributed by atoms with Crippen molar-refractivity contribution >= 4 is 11.9 Å². The number of hydrogen-bond acceptors (Lipinski definition) is 5. The number of carbonyl (C=O) groups is 2. The zero-order valence-electron chi connectivity index (χ0n) is 47.7. The van der Waals surface area contributed by atoms with E-state index in [1.54, 1.807) is 0 Å². The summed E-state index contributed by atoms with van der Waals surface area (Å²) in [6.07, 6.45) is 87.2. The number of allylic oxidation sites excluding steroid dienone is 14. The molecule has 0 bridgehead atoms. The van der Waals surface area contributed by atoms with E-state index in [2.05, 4.69) is 98.9 Å². The van der Waals surface area contributed by atoms with Crippen LogP contribution in [0.2, 0.25) is 0 Å². The zero-order chi connectivity index (χ0) is 52.0. The van der Waals surface area contributed by atoms with Crippen molar-refractivity contribution in [1.82, 2.24) is 0 Å². The number of carbonyl (C=O) groups excluding carboxylic acids is 2. The molecule has 0 aromatic carbocycles. The van der Waals surface area contributed by atoms with Crippen molar-refractivity contribution in [2.75, 3.05) is 13.2 Å². The first kappa shape index (κ1) is 69.1. The third-order valence-electron chi connectivity index (χ3n) is 13.7. The first-order valence-corrected chi connectivity index (χ1v) is 31.1. The van der Waals surface area contributed by atoms with Crippen LogP contribution in [0, 0.1) is 0 Å². The molecule has 5 nitrogen and oxygen atoms in total. The number of esters is 2. The lowest BCUT2D eigenvalue weighted by atomic mass is 10.0. The van der Waals surface area contributed by atoms with Gasteiger partial charge < -0.3 is 14.6 Å². The van der Waals surface area contributed by atoms with Crippen LogP contribution in [0.5, 0.6) is 0 Å². The summed E-state index contributed by atoms with van der Waals surface area (Å²) >= 11 is 0. The predicted octanol–water partition coefficient (Wildman–Crippen LogP) is 21.3. The highest BCUT2D eigenvalue weighted by Gasteiger charge is 2.16. The standard InChI is InChI=1S/C67H118O5/c1-3-5-7-9-11-13-15-17-19-21-23-25-27-29-31-32-33-34-36-38-40-42-44-46-48-50-52-54-56-58-60-62-67(70)72-65(63-68)64-71-66(69)61-59-57-55-53-51-49-47-45-43-41-39-37-35-30-28-26-24-22-20-18-16-14-12-10-8-6-4-2/h5,7,11,13,17,19,23,25,29,31,33-34,38,40,65,68H,3-4,6,8-10,12,14-16,18,20-22,24,26-28,30,32,35-37,39,41-64H2,1-2H3/b7-5-,13-11-,19-17-,25-23-,31-29-,34-33-,40-38-. The number of aliphatic hydroxyl groups excluding tert-OH is 1. The van der Waals surface area contributed by atoms with Gasteiger partial charge >= 0.3 is 11.9 Å². The highest BCUT2D eigenvalue weighted by atomic mass is 16.6. The van der Waals surface area contributed by atoms with E-state index in [1.807, 2.05) is 0 Å². The zero-order valence-corrected chi connectivity index (χ0v) is 47.7. The van der Waals surface area contributed by atoms with Crippen LogP contribution in [0.1, 0.15) is 309 Å². The Bertz CT molecular complexity index is 1320. The first-order valence-electron chi connectivity index (χ1n) is 31.1. The van der Waals surface area contributed by atoms with Gasteiger partial charge in [-0.15, -0.1) is 0 Å². The lowest BCUT2D eigenvalue weighted by molar-refractivity contribution is -0.161. The van der Waals surface area contributed by atoms with E-state index in [-0.39, 0.29) is 25.2 Å². The van der Waals surface area contributed by atoms with Gasteiger partial charge in [0.25, 0.3) is 0 Å². The van der Waals surface area contributed by atoms with E-state index in [0.717, 1.165) is 89.9 Å². The fraction of sp³-hybridized carbons (Fsp3) is 0.761. The molecule has 1 unspecified atom stereocenters. The highest BCUT2D eigenvalue weighted by molar-refractivity contribution is 5.70. The number of aliphatic hydroxyl groups is 1. The summed E-state index contributed by atoms with van der Waals surface area (Å²) in [5.74, 6) is -0.587. The fourth-order valence-corrected chi connectivity index (χ4v) is 9.07. The fourth-order valence-electron chi connectivity index (χ4n) is 9.07. The Morgan fingerprint density at radius 1 is 0.333 bits per heavy atom. The van der Waals surface area contributed by atoms with Gasteiger partial charge in [0.05, 0.1) is 6.61 Å². The maximum Gasteiger partial charge on any atom is 0.306 e. The molecule has 0 heterocycles. The third kappa shape index (κ3) is 59.6. The van der Waals surface area contributed by atoms with Crippen molar-refractivity contribution in [2.45, 2.75) is 315 Å². The lowest BCUT2D eigenvalue weighted by Gasteiger charge is -2.15. The Kier molecular flexibility index (Phi) is 59.8. The molecule has 0 aliphatic carbocycles. The van der Waals surface area contributed by atoms with E-state index >= 15 is 0 Å². The van der Waals surface area contributed by atoms with Gasteiger partial charge in [0, 0.05) is 12.8 Å². The van der Waals surface area contributed by atoms with E-state index < -0.39 is 6.10 Å². The molecular weight excluding hydrogens is 885 g/mol. The van der Waals surface area contributed by atoms with Gasteiger partial charge in [-0.05, 0) is 70.6 Å². The highest BCUT2D eigenvalue weighted by Crippen LogP contribution is 2.17. The van der Waals surface area contributed by atoms with Gasteiger partial charge in [-0.3, -0.25) is 9.59 Å². The van der Waals surface area contributed by atoms with E-state index in [1.165, 1.54) is 193 Å². The topological polar surface area (TPSA) is 72.8 Å². The summed E-state index contributed by atoms with van der Waals surface area (Å²) in [6, 6.07) is 0. The Labute approximate surface area is 447 Å². The van der Waals surface area contributed by atoms with E-state index in [9.17, 15) is 14.7 Å². The minimum atomic E-state index is -0.779. The second kappa shape index (κ2) is 62.4. The minimum absolute atomic E-state index is 0.0683. The van der Waals surface area contributed by atoms with Crippen molar-refractivity contribution < 1.29 is 24.2 Å². The van der Waals surface area contributed by atoms with Crippen LogP contribution in [0.3, 0.4) is 0 Å². The van der Waals surface area contributed by atoms with Crippen LogP contribution in [-0.4, -0.2) is 36.4 Å². The smallest absolute Gasteiger partial charge is 0.306 e. The molecular formula is C67H118O5. The molecule has 1 N–H and O–H groups in total. The van der Waals surface area contributed by atoms with Crippen LogP contribution < -0.4 is 0 Å². The average molecular weight is 1000 g/mol. The van der Waals surface area contributed by atoms with Crippen LogP contribution >= 0.6 is 0 Å². The molecule has 0 fully saturated rings. The molecule has 416 valence electrons. The lowest BCUT2D eigenvalue weighted by Crippen LogP contribution is -2.28. The number of ether oxygens (including phenoxy) is 2. The molecule has 0 aromatic heterocycles. The number of unbranched alkanes of at least 4 members (excludes halogenated alkanes) is 35. The molecule has 1 atom stereocenters. The van der Waals surface area contributed by atoms with Crippen molar-refractivity contribution in [2.24, 2.45) is 0 Å². The molecule has 72 heavy (non-hydrogen) atoms. The Morgan fingerprint density at radius 2 is 0.597 bits per heavy atom. The summed E-state index contributed by atoms with van der Waals surface area (Å²) in [7, 11) is 0. The Morgan fingerprint density at radius 3 is 0.903 bits per heavy atom. The summed E-state index contributed by atoms with van der Waals surface area (Å²) in [6.45, 7) is 4.06. The maximum atomic E-state index is 12.3. The molecule has 0 saturated heterocycles. The van der Waals surface area contributed by atoms with Crippen LogP contribution in [0.15, 0.2) is 85.1 Å². The third-order valence-corrected chi connectivity index (χ3v) is 13.7. The summed E-state index contributed by atoms with van der Waals surface area (Å²) in [5.41, 5.74) is 0. The summed E-state index contributed by atoms with van der Waals surface area (Å²) in [5, 5.41) is 9.68. The Balaban J connectivity index is 3.49. The van der Waals surface area contributed by atoms with Gasteiger partial charge in [-0.25, -0.2) is 0 Å². The van der Waals surface area contributed by atoms with Crippen LogP contribution in [0.25, 0.3) is 0 Å². The van der Waals surface area contributed by atoms with Gasteiger partial charge in [0.2, 0.25) is 0 Å². The summed E-state index contributed by atoms with van der Waals surface area (Å²) < 4.78 is 10.7. The SMILES string of the molecule is CC/C=C\C/C=C\C/C=C\C/C=C\C/C=C\C/C=C\C/C=C\CCCCCCCCCCCC(=O)OC(CO)COC(=O)CCCCCCCCCCCCCCCCCCCCCCCCCCCCC.